The number of aromatic hydroxyl groups is 1. The van der Waals surface area contributed by atoms with Crippen molar-refractivity contribution in [3.63, 3.8) is 0 Å². The van der Waals surface area contributed by atoms with Gasteiger partial charge in [0, 0.05) is 68.0 Å². The molecule has 1 amide bonds. The van der Waals surface area contributed by atoms with Crippen LogP contribution in [0.15, 0.2) is 120 Å². The number of hydrogen-bond donors (Lipinski definition) is 3. The van der Waals surface area contributed by atoms with Gasteiger partial charge in [0.1, 0.15) is 24.1 Å². The molecule has 68 heavy (non-hydrogen) atoms. The quantitative estimate of drug-likeness (QED) is 0.0234. The van der Waals surface area contributed by atoms with Crippen molar-refractivity contribution in [1.82, 2.24) is 4.90 Å². The van der Waals surface area contributed by atoms with Crippen molar-refractivity contribution >= 4 is 29.1 Å². The average molecular weight is 931 g/mol. The second-order valence-corrected chi connectivity index (χ2v) is 17.3. The molecule has 2 heterocycles. The fourth-order valence-corrected chi connectivity index (χ4v) is 10.1. The Morgan fingerprint density at radius 3 is 2.25 bits per heavy atom. The van der Waals surface area contributed by atoms with Crippen LogP contribution in [0.25, 0.3) is 6.08 Å². The van der Waals surface area contributed by atoms with E-state index in [4.69, 9.17) is 28.9 Å². The highest BCUT2D eigenvalue weighted by molar-refractivity contribution is 6.03. The molecule has 8 rings (SSSR count). The molecule has 6 unspecified atom stereocenters. The Balaban J connectivity index is 1.31. The number of non-ortho nitro benzene ring substituents is 2. The summed E-state index contributed by atoms with van der Waals surface area (Å²) in [5.41, 5.74) is 3.77. The summed E-state index contributed by atoms with van der Waals surface area (Å²) in [6.07, 6.45) is 10.9. The Labute approximate surface area is 392 Å². The lowest BCUT2D eigenvalue weighted by molar-refractivity contribution is -0.385. The number of aliphatic hydroxyl groups excluding tert-OH is 2. The highest BCUT2D eigenvalue weighted by atomic mass is 16.7. The van der Waals surface area contributed by atoms with Crippen molar-refractivity contribution in [2.75, 3.05) is 26.6 Å². The number of nitro groups is 2. The number of unbranched alkanes of at least 4 members (excludes halogenated alkanes) is 2. The molecule has 0 radical (unpaired) electrons. The summed E-state index contributed by atoms with van der Waals surface area (Å²) in [6.45, 7) is 4.10. The zero-order valence-corrected chi connectivity index (χ0v) is 37.4. The van der Waals surface area contributed by atoms with Gasteiger partial charge in [-0.2, -0.15) is 0 Å². The molecule has 2 aliphatic carbocycles. The first kappa shape index (κ1) is 47.4. The predicted molar refractivity (Wildman–Crippen MR) is 250 cm³/mol. The fraction of sp³-hybridized carbons (Fsp3) is 0.373. The first-order valence-electron chi connectivity index (χ1n) is 22.8. The summed E-state index contributed by atoms with van der Waals surface area (Å²) in [5.74, 6) is -1.71. The van der Waals surface area contributed by atoms with E-state index in [0.717, 1.165) is 24.0 Å². The van der Waals surface area contributed by atoms with Crippen molar-refractivity contribution in [3.05, 3.63) is 158 Å². The van der Waals surface area contributed by atoms with Gasteiger partial charge in [0.15, 0.2) is 11.5 Å². The molecule has 0 bridgehead atoms. The van der Waals surface area contributed by atoms with Crippen LogP contribution in [0, 0.1) is 38.0 Å². The number of phenols is 1. The van der Waals surface area contributed by atoms with Gasteiger partial charge in [-0.25, -0.2) is 0 Å². The van der Waals surface area contributed by atoms with Gasteiger partial charge in [-0.05, 0) is 120 Å². The maximum Gasteiger partial charge on any atom is 0.269 e. The minimum atomic E-state index is -1.62. The number of hydrogen-bond acceptors (Lipinski definition) is 14. The highest BCUT2D eigenvalue weighted by Gasteiger charge is 2.65. The number of fused-ring (bicyclic) bond motifs is 3. The molecule has 4 aromatic carbocycles. The number of nitro benzene ring substituents is 2. The van der Waals surface area contributed by atoms with Crippen LogP contribution in [0.5, 0.6) is 23.0 Å². The zero-order chi connectivity index (χ0) is 47.8. The van der Waals surface area contributed by atoms with E-state index in [9.17, 15) is 35.5 Å². The van der Waals surface area contributed by atoms with Crippen LogP contribution in [0.1, 0.15) is 73.1 Å². The number of nitrogens with zero attached hydrogens (tertiary/aromatic N) is 4. The number of rotatable bonds is 21. The number of ether oxygens (including phenoxy) is 4. The summed E-state index contributed by atoms with van der Waals surface area (Å²) in [4.78, 5) is 44.9. The smallest absolute Gasteiger partial charge is 0.269 e. The van der Waals surface area contributed by atoms with Crippen LogP contribution in [0.4, 0.5) is 11.4 Å². The lowest BCUT2D eigenvalue weighted by Crippen LogP contribution is -2.70. The third-order valence-corrected chi connectivity index (χ3v) is 13.2. The molecule has 0 saturated heterocycles. The first-order valence-corrected chi connectivity index (χ1v) is 22.8. The van der Waals surface area contributed by atoms with E-state index < -0.39 is 39.4 Å². The Bertz CT molecular complexity index is 2580. The van der Waals surface area contributed by atoms with Crippen LogP contribution < -0.4 is 14.2 Å². The Morgan fingerprint density at radius 2 is 1.54 bits per heavy atom. The molecular weight excluding hydrogens is 877 g/mol. The molecule has 4 aliphatic rings. The SMILES string of the molecule is C=CCOC12Oc3ccc(O)cc3C3C(CCCCO)C(CCCCO)C=C(C(=NOCc4ccc([N+](=O)[O-])cc4)CC1N(Cc1ccc4c(c1)OCO4)C(=O)C=Cc1ccc([N+](=O)[O-])cc1)C32. The van der Waals surface area contributed by atoms with E-state index in [-0.39, 0.29) is 75.1 Å². The van der Waals surface area contributed by atoms with Crippen LogP contribution in [-0.2, 0) is 27.5 Å². The number of oxime groups is 1. The van der Waals surface area contributed by atoms with E-state index in [0.29, 0.717) is 65.3 Å². The van der Waals surface area contributed by atoms with Gasteiger partial charge >= 0.3 is 0 Å². The minimum absolute atomic E-state index is 0.0131. The highest BCUT2D eigenvalue weighted by Crippen LogP contribution is 2.62. The Kier molecular flexibility index (Phi) is 14.8. The number of carbonyl (C=O) groups excluding carboxylic acids is 1. The number of aliphatic hydroxyl groups is 2. The van der Waals surface area contributed by atoms with Gasteiger partial charge < -0.3 is 44.0 Å². The van der Waals surface area contributed by atoms with E-state index in [1.807, 2.05) is 12.1 Å². The first-order chi connectivity index (χ1) is 33.0. The number of benzene rings is 4. The van der Waals surface area contributed by atoms with E-state index >= 15 is 4.79 Å². The topological polar surface area (TPSA) is 226 Å². The van der Waals surface area contributed by atoms with Gasteiger partial charge in [0.25, 0.3) is 11.4 Å². The summed E-state index contributed by atoms with van der Waals surface area (Å²) >= 11 is 0. The third-order valence-electron chi connectivity index (χ3n) is 13.2. The van der Waals surface area contributed by atoms with Crippen LogP contribution in [0.2, 0.25) is 0 Å². The van der Waals surface area contributed by atoms with E-state index in [1.165, 1.54) is 30.3 Å². The molecule has 6 atom stereocenters. The molecule has 356 valence electrons. The van der Waals surface area contributed by atoms with Crippen LogP contribution >= 0.6 is 0 Å². The number of carbonyl (C=O) groups is 1. The van der Waals surface area contributed by atoms with Gasteiger partial charge in [0.05, 0.1) is 28.1 Å². The molecule has 3 N–H and O–H groups in total. The van der Waals surface area contributed by atoms with Crippen molar-refractivity contribution in [2.24, 2.45) is 22.9 Å². The average Bonchev–Trinajstić information content (AvgIpc) is 3.82. The molecule has 17 nitrogen and oxygen atoms in total. The monoisotopic (exact) mass is 930 g/mol. The molecule has 1 fully saturated rings. The lowest BCUT2D eigenvalue weighted by atomic mass is 9.55. The minimum Gasteiger partial charge on any atom is -0.508 e. The molecule has 4 aromatic rings. The molecule has 0 aromatic heterocycles. The largest absolute Gasteiger partial charge is 0.508 e. The maximum atomic E-state index is 15.2. The van der Waals surface area contributed by atoms with Crippen molar-refractivity contribution < 1.29 is 53.7 Å². The van der Waals surface area contributed by atoms with Crippen molar-refractivity contribution in [2.45, 2.75) is 75.8 Å². The van der Waals surface area contributed by atoms with Crippen LogP contribution in [0.3, 0.4) is 0 Å². The van der Waals surface area contributed by atoms with Gasteiger partial charge in [-0.3, -0.25) is 25.0 Å². The third kappa shape index (κ3) is 10.1. The molecule has 0 spiro atoms. The van der Waals surface area contributed by atoms with E-state index in [1.54, 1.807) is 65.6 Å². The Morgan fingerprint density at radius 1 is 0.868 bits per heavy atom. The van der Waals surface area contributed by atoms with Crippen molar-refractivity contribution in [1.29, 1.82) is 0 Å². The number of allylic oxidation sites excluding steroid dienone is 1. The van der Waals surface area contributed by atoms with Gasteiger partial charge in [-0.15, -0.1) is 6.58 Å². The Hall–Kier alpha value is -7.08. The predicted octanol–water partition coefficient (Wildman–Crippen LogP) is 8.51. The van der Waals surface area contributed by atoms with Crippen molar-refractivity contribution in [3.8, 4) is 23.0 Å². The van der Waals surface area contributed by atoms with E-state index in [2.05, 4.69) is 12.7 Å². The molecule has 17 heteroatoms. The summed E-state index contributed by atoms with van der Waals surface area (Å²) in [5, 5.41) is 58.7. The standard InChI is InChI=1S/C51H54N4O13/c1-2-25-66-51-47(53(30-35-13-20-45-46(26-35)65-32-64-45)48(59)22-14-33-9-15-37(16-10-33)54(60)61)29-43(52-67-31-34-11-17-38(18-12-34)55(62)63)41-27-36(7-3-5-23-56)40(8-4-6-24-57)49(50(41)51)42-28-39(58)19-21-44(42)68-51/h2,9-22,26-28,36,40,47,49-50,56-58H,1,3-8,23-25,29-32H2. The molecule has 2 aliphatic heterocycles. The lowest BCUT2D eigenvalue weighted by Gasteiger charge is -2.60. The second kappa shape index (κ2) is 21.3. The number of amides is 1. The normalized spacial score (nSPS) is 22.7. The number of phenolic OH excluding ortho intramolecular Hbond substituents is 1. The fourth-order valence-electron chi connectivity index (χ4n) is 10.1. The van der Waals surface area contributed by atoms with Crippen LogP contribution in [-0.4, -0.2) is 80.1 Å². The molecule has 1 saturated carbocycles. The summed E-state index contributed by atoms with van der Waals surface area (Å²) < 4.78 is 25.7. The second-order valence-electron chi connectivity index (χ2n) is 17.3. The zero-order valence-electron chi connectivity index (χ0n) is 37.4. The van der Waals surface area contributed by atoms with Gasteiger partial charge in [-0.1, -0.05) is 36.2 Å². The molecular formula is C51H54N4O13. The maximum absolute atomic E-state index is 15.2. The summed E-state index contributed by atoms with van der Waals surface area (Å²) in [6, 6.07) is 21.3. The summed E-state index contributed by atoms with van der Waals surface area (Å²) in [7, 11) is 0. The van der Waals surface area contributed by atoms with Gasteiger partial charge in [0.2, 0.25) is 18.5 Å².